The summed E-state index contributed by atoms with van der Waals surface area (Å²) in [5, 5.41) is 4.77. The lowest BCUT2D eigenvalue weighted by atomic mass is 10.2. The van der Waals surface area contributed by atoms with Crippen molar-refractivity contribution in [3.05, 3.63) is 70.5 Å². The van der Waals surface area contributed by atoms with E-state index in [0.29, 0.717) is 30.1 Å². The SMILES string of the molecule is COc1cccc(C(=O)Nc2ccc(N3CCN(C(=O)c4cccs4)CC3)nc2)c1. The highest BCUT2D eigenvalue weighted by Crippen LogP contribution is 2.19. The summed E-state index contributed by atoms with van der Waals surface area (Å²) in [7, 11) is 1.57. The number of carbonyl (C=O) groups is 2. The molecule has 3 aromatic rings. The fraction of sp³-hybridized carbons (Fsp3) is 0.227. The van der Waals surface area contributed by atoms with E-state index in [9.17, 15) is 9.59 Å². The number of thiophene rings is 1. The molecule has 1 N–H and O–H groups in total. The summed E-state index contributed by atoms with van der Waals surface area (Å²) in [5.41, 5.74) is 1.14. The van der Waals surface area contributed by atoms with Gasteiger partial charge in [-0.1, -0.05) is 12.1 Å². The summed E-state index contributed by atoms with van der Waals surface area (Å²) < 4.78 is 5.16. The minimum Gasteiger partial charge on any atom is -0.497 e. The number of anilines is 2. The van der Waals surface area contributed by atoms with Crippen LogP contribution in [0.2, 0.25) is 0 Å². The van der Waals surface area contributed by atoms with Gasteiger partial charge in [-0.2, -0.15) is 0 Å². The van der Waals surface area contributed by atoms with Crippen molar-refractivity contribution in [2.75, 3.05) is 43.5 Å². The average molecular weight is 423 g/mol. The number of nitrogens with zero attached hydrogens (tertiary/aromatic N) is 3. The maximum absolute atomic E-state index is 12.5. The predicted octanol–water partition coefficient (Wildman–Crippen LogP) is 3.37. The number of methoxy groups -OCH3 is 1. The molecule has 1 fully saturated rings. The number of pyridine rings is 1. The molecule has 0 atom stereocenters. The zero-order chi connectivity index (χ0) is 20.9. The molecular weight excluding hydrogens is 400 g/mol. The summed E-state index contributed by atoms with van der Waals surface area (Å²) in [6.45, 7) is 2.76. The highest BCUT2D eigenvalue weighted by atomic mass is 32.1. The van der Waals surface area contributed by atoms with Crippen LogP contribution in [0.1, 0.15) is 20.0 Å². The van der Waals surface area contributed by atoms with Gasteiger partial charge in [-0.3, -0.25) is 9.59 Å². The Morgan fingerprint density at radius 2 is 1.90 bits per heavy atom. The second kappa shape index (κ2) is 8.96. The molecule has 8 heteroatoms. The second-order valence-corrected chi connectivity index (χ2v) is 7.80. The predicted molar refractivity (Wildman–Crippen MR) is 118 cm³/mol. The van der Waals surface area contributed by atoms with Crippen LogP contribution in [-0.4, -0.2) is 55.0 Å². The van der Waals surface area contributed by atoms with Gasteiger partial charge in [0.25, 0.3) is 11.8 Å². The topological polar surface area (TPSA) is 74.8 Å². The van der Waals surface area contributed by atoms with Crippen LogP contribution >= 0.6 is 11.3 Å². The first-order valence-corrected chi connectivity index (χ1v) is 10.5. The molecule has 0 bridgehead atoms. The molecule has 0 radical (unpaired) electrons. The van der Waals surface area contributed by atoms with Crippen LogP contribution in [-0.2, 0) is 0 Å². The summed E-state index contributed by atoms with van der Waals surface area (Å²) in [6.07, 6.45) is 1.65. The molecule has 1 saturated heterocycles. The number of nitrogens with one attached hydrogen (secondary N) is 1. The first kappa shape index (κ1) is 19.9. The van der Waals surface area contributed by atoms with Crippen molar-refractivity contribution in [2.24, 2.45) is 0 Å². The molecule has 1 aromatic carbocycles. The number of amides is 2. The first-order chi connectivity index (χ1) is 14.6. The number of ether oxygens (including phenoxy) is 1. The van der Waals surface area contributed by atoms with Gasteiger partial charge in [0, 0.05) is 31.7 Å². The number of hydrogen-bond donors (Lipinski definition) is 1. The fourth-order valence-electron chi connectivity index (χ4n) is 3.31. The largest absolute Gasteiger partial charge is 0.497 e. The third kappa shape index (κ3) is 4.44. The Bertz CT molecular complexity index is 1010. The van der Waals surface area contributed by atoms with Gasteiger partial charge in [0.15, 0.2) is 0 Å². The first-order valence-electron chi connectivity index (χ1n) is 9.63. The van der Waals surface area contributed by atoms with Crippen LogP contribution in [0.4, 0.5) is 11.5 Å². The van der Waals surface area contributed by atoms with Crippen LogP contribution in [0.5, 0.6) is 5.75 Å². The zero-order valence-corrected chi connectivity index (χ0v) is 17.4. The molecule has 0 unspecified atom stereocenters. The van der Waals surface area contributed by atoms with E-state index in [1.165, 1.54) is 11.3 Å². The number of carbonyl (C=O) groups excluding carboxylic acids is 2. The van der Waals surface area contributed by atoms with E-state index in [1.807, 2.05) is 34.5 Å². The van der Waals surface area contributed by atoms with Gasteiger partial charge in [-0.25, -0.2) is 4.98 Å². The maximum Gasteiger partial charge on any atom is 0.264 e. The Morgan fingerprint density at radius 3 is 2.57 bits per heavy atom. The van der Waals surface area contributed by atoms with Gasteiger partial charge >= 0.3 is 0 Å². The minimum atomic E-state index is -0.218. The quantitative estimate of drug-likeness (QED) is 0.682. The Kier molecular flexibility index (Phi) is 5.94. The molecule has 2 amide bonds. The van der Waals surface area contributed by atoms with Crippen molar-refractivity contribution in [3.63, 3.8) is 0 Å². The third-order valence-electron chi connectivity index (χ3n) is 4.96. The van der Waals surface area contributed by atoms with Crippen molar-refractivity contribution in [1.29, 1.82) is 0 Å². The van der Waals surface area contributed by atoms with E-state index >= 15 is 0 Å². The Labute approximate surface area is 178 Å². The standard InChI is InChI=1S/C22H22N4O3S/c1-29-18-5-2-4-16(14-18)21(27)24-17-7-8-20(23-15-17)25-9-11-26(12-10-25)22(28)19-6-3-13-30-19/h2-8,13-15H,9-12H2,1H3,(H,24,27). The van der Waals surface area contributed by atoms with Crippen molar-refractivity contribution < 1.29 is 14.3 Å². The van der Waals surface area contributed by atoms with Gasteiger partial charge < -0.3 is 19.9 Å². The molecular formula is C22H22N4O3S. The lowest BCUT2D eigenvalue weighted by Gasteiger charge is -2.35. The van der Waals surface area contributed by atoms with E-state index in [4.69, 9.17) is 4.74 Å². The average Bonchev–Trinajstić information content (AvgIpc) is 3.34. The monoisotopic (exact) mass is 422 g/mol. The second-order valence-electron chi connectivity index (χ2n) is 6.85. The van der Waals surface area contributed by atoms with Crippen molar-refractivity contribution >= 4 is 34.7 Å². The lowest BCUT2D eigenvalue weighted by Crippen LogP contribution is -2.48. The van der Waals surface area contributed by atoms with Gasteiger partial charge in [-0.05, 0) is 41.8 Å². The third-order valence-corrected chi connectivity index (χ3v) is 5.82. The normalized spacial score (nSPS) is 13.8. The summed E-state index contributed by atoms with van der Waals surface area (Å²) >= 11 is 1.47. The van der Waals surface area contributed by atoms with Gasteiger partial charge in [0.1, 0.15) is 11.6 Å². The Morgan fingerprint density at radius 1 is 1.07 bits per heavy atom. The number of hydrogen-bond acceptors (Lipinski definition) is 6. The number of rotatable bonds is 5. The molecule has 0 saturated carbocycles. The Balaban J connectivity index is 1.34. The summed E-state index contributed by atoms with van der Waals surface area (Å²) in [4.78, 5) is 34.2. The van der Waals surface area contributed by atoms with Crippen molar-refractivity contribution in [3.8, 4) is 5.75 Å². The van der Waals surface area contributed by atoms with Crippen LogP contribution in [0.25, 0.3) is 0 Å². The van der Waals surface area contributed by atoms with E-state index in [-0.39, 0.29) is 11.8 Å². The minimum absolute atomic E-state index is 0.0909. The van der Waals surface area contributed by atoms with E-state index in [1.54, 1.807) is 37.6 Å². The molecule has 0 aliphatic carbocycles. The Hall–Kier alpha value is -3.39. The van der Waals surface area contributed by atoms with Crippen LogP contribution in [0.3, 0.4) is 0 Å². The zero-order valence-electron chi connectivity index (χ0n) is 16.6. The van der Waals surface area contributed by atoms with Gasteiger partial charge in [0.05, 0.1) is 23.9 Å². The maximum atomic E-state index is 12.5. The van der Waals surface area contributed by atoms with Crippen LogP contribution in [0.15, 0.2) is 60.1 Å². The highest BCUT2D eigenvalue weighted by molar-refractivity contribution is 7.12. The molecule has 0 spiro atoms. The fourth-order valence-corrected chi connectivity index (χ4v) is 4.00. The van der Waals surface area contributed by atoms with Crippen LogP contribution < -0.4 is 15.0 Å². The van der Waals surface area contributed by atoms with Gasteiger partial charge in [0.2, 0.25) is 0 Å². The highest BCUT2D eigenvalue weighted by Gasteiger charge is 2.23. The molecule has 30 heavy (non-hydrogen) atoms. The molecule has 1 aliphatic rings. The van der Waals surface area contributed by atoms with E-state index < -0.39 is 0 Å². The number of aromatic nitrogens is 1. The summed E-state index contributed by atoms with van der Waals surface area (Å²) in [5.74, 6) is 1.34. The van der Waals surface area contributed by atoms with Gasteiger partial charge in [-0.15, -0.1) is 11.3 Å². The molecule has 1 aliphatic heterocycles. The molecule has 154 valence electrons. The van der Waals surface area contributed by atoms with E-state index in [2.05, 4.69) is 15.2 Å². The molecule has 3 heterocycles. The van der Waals surface area contributed by atoms with E-state index in [0.717, 1.165) is 23.8 Å². The molecule has 7 nitrogen and oxygen atoms in total. The summed E-state index contributed by atoms with van der Waals surface area (Å²) in [6, 6.07) is 14.5. The smallest absolute Gasteiger partial charge is 0.264 e. The molecule has 4 rings (SSSR count). The molecule has 2 aromatic heterocycles. The number of piperazine rings is 1. The van der Waals surface area contributed by atoms with Crippen molar-refractivity contribution in [1.82, 2.24) is 9.88 Å². The van der Waals surface area contributed by atoms with Crippen LogP contribution in [0, 0.1) is 0 Å². The lowest BCUT2D eigenvalue weighted by molar-refractivity contribution is 0.0751. The van der Waals surface area contributed by atoms with Crippen molar-refractivity contribution in [2.45, 2.75) is 0 Å². The number of benzene rings is 1.